The van der Waals surface area contributed by atoms with E-state index in [0.29, 0.717) is 24.1 Å². The van der Waals surface area contributed by atoms with Crippen LogP contribution in [0.15, 0.2) is 18.2 Å². The summed E-state index contributed by atoms with van der Waals surface area (Å²) in [5, 5.41) is 18.0. The molecular weight excluding hydrogens is 258 g/mol. The molecule has 0 spiro atoms. The third-order valence-corrected chi connectivity index (χ3v) is 3.46. The number of benzene rings is 1. The molecule has 2 rings (SSSR count). The highest BCUT2D eigenvalue weighted by Crippen LogP contribution is 2.35. The van der Waals surface area contributed by atoms with E-state index in [0.717, 1.165) is 19.4 Å². The van der Waals surface area contributed by atoms with Crippen molar-refractivity contribution in [2.24, 2.45) is 0 Å². The number of anilines is 1. The summed E-state index contributed by atoms with van der Waals surface area (Å²) in [4.78, 5) is 10.9. The lowest BCUT2D eigenvalue weighted by atomic mass is 10.00. The first-order valence-corrected chi connectivity index (χ1v) is 7.02. The van der Waals surface area contributed by atoms with Crippen LogP contribution in [0.3, 0.4) is 0 Å². The van der Waals surface area contributed by atoms with Crippen molar-refractivity contribution in [3.63, 3.8) is 0 Å². The molecule has 1 fully saturated rings. The third-order valence-electron chi connectivity index (χ3n) is 3.46. The molecule has 1 aliphatic heterocycles. The SMILES string of the molecule is CCOc1cccc(NC2CCNC(C)C2)c1[N+](=O)[O-]. The van der Waals surface area contributed by atoms with Crippen LogP contribution in [0.5, 0.6) is 5.75 Å². The molecule has 0 saturated carbocycles. The molecule has 2 atom stereocenters. The van der Waals surface area contributed by atoms with Crippen molar-refractivity contribution in [2.75, 3.05) is 18.5 Å². The van der Waals surface area contributed by atoms with E-state index in [4.69, 9.17) is 4.74 Å². The molecule has 2 N–H and O–H groups in total. The van der Waals surface area contributed by atoms with Gasteiger partial charge in [-0.25, -0.2) is 0 Å². The Labute approximate surface area is 118 Å². The summed E-state index contributed by atoms with van der Waals surface area (Å²) >= 11 is 0. The van der Waals surface area contributed by atoms with Crippen LogP contribution in [-0.2, 0) is 0 Å². The summed E-state index contributed by atoms with van der Waals surface area (Å²) in [5.74, 6) is 0.324. The quantitative estimate of drug-likeness (QED) is 0.640. The smallest absolute Gasteiger partial charge is 0.333 e. The van der Waals surface area contributed by atoms with Crippen molar-refractivity contribution in [3.05, 3.63) is 28.3 Å². The first-order valence-electron chi connectivity index (χ1n) is 7.02. The molecule has 1 heterocycles. The largest absolute Gasteiger partial charge is 0.487 e. The fraction of sp³-hybridized carbons (Fsp3) is 0.571. The number of piperidine rings is 1. The molecular formula is C14H21N3O3. The van der Waals surface area contributed by atoms with Gasteiger partial charge >= 0.3 is 5.69 Å². The molecule has 110 valence electrons. The molecule has 1 aromatic carbocycles. The molecule has 1 saturated heterocycles. The van der Waals surface area contributed by atoms with Crippen molar-refractivity contribution in [1.82, 2.24) is 5.32 Å². The van der Waals surface area contributed by atoms with Gasteiger partial charge in [0, 0.05) is 12.1 Å². The molecule has 1 aliphatic rings. The van der Waals surface area contributed by atoms with Crippen LogP contribution in [0.1, 0.15) is 26.7 Å². The molecule has 0 amide bonds. The average Bonchev–Trinajstić information content (AvgIpc) is 2.39. The number of rotatable bonds is 5. The Hall–Kier alpha value is -1.82. The lowest BCUT2D eigenvalue weighted by molar-refractivity contribution is -0.385. The van der Waals surface area contributed by atoms with E-state index < -0.39 is 0 Å². The monoisotopic (exact) mass is 279 g/mol. The second kappa shape index (κ2) is 6.56. The van der Waals surface area contributed by atoms with Crippen molar-refractivity contribution < 1.29 is 9.66 Å². The maximum absolute atomic E-state index is 11.3. The van der Waals surface area contributed by atoms with Crippen molar-refractivity contribution >= 4 is 11.4 Å². The van der Waals surface area contributed by atoms with Crippen molar-refractivity contribution in [2.45, 2.75) is 38.8 Å². The number of nitro groups is 1. The molecule has 0 bridgehead atoms. The van der Waals surface area contributed by atoms with Crippen LogP contribution < -0.4 is 15.4 Å². The summed E-state index contributed by atoms with van der Waals surface area (Å²) in [6.45, 7) is 5.28. The van der Waals surface area contributed by atoms with E-state index in [-0.39, 0.29) is 16.7 Å². The van der Waals surface area contributed by atoms with Gasteiger partial charge in [0.15, 0.2) is 5.75 Å². The fourth-order valence-electron chi connectivity index (χ4n) is 2.58. The highest BCUT2D eigenvalue weighted by atomic mass is 16.6. The second-order valence-electron chi connectivity index (χ2n) is 5.06. The van der Waals surface area contributed by atoms with E-state index in [1.54, 1.807) is 18.2 Å². The Balaban J connectivity index is 2.21. The topological polar surface area (TPSA) is 76.4 Å². The van der Waals surface area contributed by atoms with Gasteiger partial charge in [-0.05, 0) is 45.4 Å². The standard InChI is InChI=1S/C14H21N3O3/c1-3-20-13-6-4-5-12(14(13)17(18)19)16-11-7-8-15-10(2)9-11/h4-6,10-11,15-16H,3,7-9H2,1-2H3. The lowest BCUT2D eigenvalue weighted by Crippen LogP contribution is -2.41. The molecule has 0 aliphatic carbocycles. The van der Waals surface area contributed by atoms with Gasteiger partial charge in [0.2, 0.25) is 0 Å². The van der Waals surface area contributed by atoms with E-state index in [2.05, 4.69) is 17.6 Å². The summed E-state index contributed by atoms with van der Waals surface area (Å²) in [5.41, 5.74) is 0.570. The maximum atomic E-state index is 11.3. The fourth-order valence-corrected chi connectivity index (χ4v) is 2.58. The van der Waals surface area contributed by atoms with Crippen LogP contribution >= 0.6 is 0 Å². The van der Waals surface area contributed by atoms with Crippen LogP contribution in [0.4, 0.5) is 11.4 Å². The minimum absolute atomic E-state index is 0.0283. The number of nitrogens with one attached hydrogen (secondary N) is 2. The summed E-state index contributed by atoms with van der Waals surface area (Å²) in [6.07, 6.45) is 1.91. The summed E-state index contributed by atoms with van der Waals surface area (Å²) < 4.78 is 5.36. The Morgan fingerprint density at radius 2 is 2.35 bits per heavy atom. The van der Waals surface area contributed by atoms with E-state index >= 15 is 0 Å². The van der Waals surface area contributed by atoms with E-state index in [1.807, 2.05) is 6.92 Å². The minimum Gasteiger partial charge on any atom is -0.487 e. The number of hydrogen-bond donors (Lipinski definition) is 2. The van der Waals surface area contributed by atoms with Gasteiger partial charge in [0.05, 0.1) is 11.5 Å². The summed E-state index contributed by atoms with van der Waals surface area (Å²) in [7, 11) is 0. The predicted octanol–water partition coefficient (Wildman–Crippen LogP) is 2.55. The number of nitrogens with zero attached hydrogens (tertiary/aromatic N) is 1. The van der Waals surface area contributed by atoms with Gasteiger partial charge in [-0.1, -0.05) is 6.07 Å². The molecule has 0 aromatic heterocycles. The zero-order valence-electron chi connectivity index (χ0n) is 11.9. The molecule has 2 unspecified atom stereocenters. The van der Waals surface area contributed by atoms with E-state index in [1.165, 1.54) is 0 Å². The van der Waals surface area contributed by atoms with Crippen LogP contribution in [0, 0.1) is 10.1 Å². The minimum atomic E-state index is -0.377. The van der Waals surface area contributed by atoms with E-state index in [9.17, 15) is 10.1 Å². The van der Waals surface area contributed by atoms with Gasteiger partial charge < -0.3 is 15.4 Å². The number of nitro benzene ring substituents is 1. The first-order chi connectivity index (χ1) is 9.61. The van der Waals surface area contributed by atoms with Gasteiger partial charge in [0.25, 0.3) is 0 Å². The summed E-state index contributed by atoms with van der Waals surface area (Å²) in [6, 6.07) is 5.84. The predicted molar refractivity (Wildman–Crippen MR) is 78.4 cm³/mol. The van der Waals surface area contributed by atoms with Crippen molar-refractivity contribution in [1.29, 1.82) is 0 Å². The van der Waals surface area contributed by atoms with Gasteiger partial charge in [-0.2, -0.15) is 0 Å². The van der Waals surface area contributed by atoms with Crippen LogP contribution in [0.2, 0.25) is 0 Å². The normalized spacial score (nSPS) is 22.3. The maximum Gasteiger partial charge on any atom is 0.333 e. The third kappa shape index (κ3) is 3.39. The number of hydrogen-bond acceptors (Lipinski definition) is 5. The van der Waals surface area contributed by atoms with Gasteiger partial charge in [-0.3, -0.25) is 10.1 Å². The average molecular weight is 279 g/mol. The Morgan fingerprint density at radius 3 is 3.00 bits per heavy atom. The highest BCUT2D eigenvalue weighted by Gasteiger charge is 2.24. The van der Waals surface area contributed by atoms with Gasteiger partial charge in [0.1, 0.15) is 5.69 Å². The zero-order chi connectivity index (χ0) is 14.5. The van der Waals surface area contributed by atoms with Crippen LogP contribution in [0.25, 0.3) is 0 Å². The number of ether oxygens (including phenoxy) is 1. The molecule has 6 heteroatoms. The Bertz CT molecular complexity index is 479. The molecule has 6 nitrogen and oxygen atoms in total. The zero-order valence-corrected chi connectivity index (χ0v) is 11.9. The lowest BCUT2D eigenvalue weighted by Gasteiger charge is -2.29. The molecule has 0 radical (unpaired) electrons. The second-order valence-corrected chi connectivity index (χ2v) is 5.06. The first kappa shape index (κ1) is 14.6. The number of para-hydroxylation sites is 1. The van der Waals surface area contributed by atoms with Crippen LogP contribution in [-0.4, -0.2) is 30.2 Å². The molecule has 1 aromatic rings. The highest BCUT2D eigenvalue weighted by molar-refractivity contribution is 5.68. The molecule has 20 heavy (non-hydrogen) atoms. The van der Waals surface area contributed by atoms with Gasteiger partial charge in [-0.15, -0.1) is 0 Å². The Morgan fingerprint density at radius 1 is 1.55 bits per heavy atom. The Kier molecular flexibility index (Phi) is 4.79. The van der Waals surface area contributed by atoms with Crippen molar-refractivity contribution in [3.8, 4) is 5.75 Å².